The molecular weight excluding hydrogens is 186 g/mol. The van der Waals surface area contributed by atoms with Crippen molar-refractivity contribution in [2.45, 2.75) is 32.2 Å². The van der Waals surface area contributed by atoms with Crippen LogP contribution in [0, 0.1) is 0 Å². The van der Waals surface area contributed by atoms with Gasteiger partial charge in [-0.3, -0.25) is 9.59 Å². The van der Waals surface area contributed by atoms with Gasteiger partial charge in [0.2, 0.25) is 12.6 Å². The van der Waals surface area contributed by atoms with Crippen LogP contribution < -0.4 is 5.32 Å². The predicted octanol–water partition coefficient (Wildman–Crippen LogP) is 0.491. The summed E-state index contributed by atoms with van der Waals surface area (Å²) in [5.41, 5.74) is 0. The fourth-order valence-corrected chi connectivity index (χ4v) is 0.699. The second kappa shape index (κ2) is 8.22. The van der Waals surface area contributed by atoms with Gasteiger partial charge in [-0.05, 0) is 6.42 Å². The van der Waals surface area contributed by atoms with Crippen molar-refractivity contribution in [1.82, 2.24) is 5.32 Å². The highest BCUT2D eigenvalue weighted by molar-refractivity contribution is 5.75. The Morgan fingerprint density at radius 1 is 1.50 bits per heavy atom. The molecule has 0 aliphatic carbocycles. The van der Waals surface area contributed by atoms with E-state index in [0.717, 1.165) is 12.8 Å². The number of hydrogen-bond donors (Lipinski definition) is 1. The van der Waals surface area contributed by atoms with E-state index in [1.165, 1.54) is 12.6 Å². The molecule has 5 heteroatoms. The van der Waals surface area contributed by atoms with E-state index in [1.807, 2.05) is 6.92 Å². The van der Waals surface area contributed by atoms with Gasteiger partial charge in [-0.25, -0.2) is 4.79 Å². The van der Waals surface area contributed by atoms with Gasteiger partial charge >= 0.3 is 6.09 Å². The number of carbonyl (C=O) groups is 1. The number of ether oxygens (including phenoxy) is 1. The molecule has 0 spiro atoms. The van der Waals surface area contributed by atoms with Crippen molar-refractivity contribution in [2.24, 2.45) is 0 Å². The summed E-state index contributed by atoms with van der Waals surface area (Å²) in [6.45, 7) is 2.27. The third-order valence-corrected chi connectivity index (χ3v) is 1.45. The van der Waals surface area contributed by atoms with Crippen LogP contribution in [-0.2, 0) is 14.3 Å². The van der Waals surface area contributed by atoms with Gasteiger partial charge in [0.15, 0.2) is 0 Å². The number of nitrogens with one attached hydrogen (secondary N) is 1. The first kappa shape index (κ1) is 12.6. The zero-order valence-corrected chi connectivity index (χ0v) is 8.04. The molecule has 5 nitrogen and oxygen atoms in total. The third-order valence-electron chi connectivity index (χ3n) is 1.45. The van der Waals surface area contributed by atoms with E-state index in [9.17, 15) is 14.4 Å². The molecule has 1 amide bonds. The Morgan fingerprint density at radius 2 is 2.21 bits per heavy atom. The van der Waals surface area contributed by atoms with E-state index in [1.54, 1.807) is 0 Å². The van der Waals surface area contributed by atoms with Crippen LogP contribution in [0.2, 0.25) is 0 Å². The molecule has 1 N–H and O–H groups in total. The van der Waals surface area contributed by atoms with Crippen molar-refractivity contribution in [3.8, 4) is 0 Å². The van der Waals surface area contributed by atoms with E-state index >= 15 is 0 Å². The zero-order chi connectivity index (χ0) is 10.8. The van der Waals surface area contributed by atoms with Gasteiger partial charge in [0.05, 0.1) is 6.61 Å². The van der Waals surface area contributed by atoms with Gasteiger partial charge in [0, 0.05) is 6.42 Å². The van der Waals surface area contributed by atoms with Crippen molar-refractivity contribution >= 4 is 18.7 Å². The van der Waals surface area contributed by atoms with Crippen LogP contribution in [0.1, 0.15) is 26.2 Å². The monoisotopic (exact) mass is 199 g/mol. The summed E-state index contributed by atoms with van der Waals surface area (Å²) < 4.78 is 4.70. The highest BCUT2D eigenvalue weighted by atomic mass is 16.5. The second-order valence-corrected chi connectivity index (χ2v) is 2.65. The summed E-state index contributed by atoms with van der Waals surface area (Å²) in [6.07, 6.45) is 3.78. The van der Waals surface area contributed by atoms with Crippen LogP contribution in [0.5, 0.6) is 0 Å². The van der Waals surface area contributed by atoms with Crippen molar-refractivity contribution < 1.29 is 19.1 Å². The first-order valence-corrected chi connectivity index (χ1v) is 4.40. The molecule has 14 heavy (non-hydrogen) atoms. The first-order chi connectivity index (χ1) is 6.74. The molecule has 78 valence electrons. The maximum absolute atomic E-state index is 10.9. The lowest BCUT2D eigenvalue weighted by Gasteiger charge is -2.08. The van der Waals surface area contributed by atoms with Crippen LogP contribution >= 0.6 is 0 Å². The number of carbonyl (C=O) groups excluding carboxylic acids is 3. The van der Waals surface area contributed by atoms with E-state index in [2.05, 4.69) is 5.32 Å². The number of rotatable bonds is 7. The number of unbranched alkanes of at least 4 members (excludes halogenated alkanes) is 1. The molecule has 0 unspecified atom stereocenters. The fourth-order valence-electron chi connectivity index (χ4n) is 0.699. The average Bonchev–Trinajstić information content (AvgIpc) is 2.17. The van der Waals surface area contributed by atoms with Crippen LogP contribution in [0.15, 0.2) is 0 Å². The fraction of sp³-hybridized carbons (Fsp3) is 0.667. The molecule has 0 saturated heterocycles. The molecule has 2 radical (unpaired) electrons. The Kier molecular flexibility index (Phi) is 7.40. The molecule has 0 heterocycles. The summed E-state index contributed by atoms with van der Waals surface area (Å²) in [6, 6.07) is -0.957. The van der Waals surface area contributed by atoms with Crippen LogP contribution in [0.4, 0.5) is 4.79 Å². The molecule has 0 aliphatic rings. The zero-order valence-electron chi connectivity index (χ0n) is 8.04. The lowest BCUT2D eigenvalue weighted by atomic mass is 10.2. The predicted molar refractivity (Wildman–Crippen MR) is 49.2 cm³/mol. The van der Waals surface area contributed by atoms with E-state index in [0.29, 0.717) is 6.61 Å². The third kappa shape index (κ3) is 6.16. The van der Waals surface area contributed by atoms with Gasteiger partial charge in [0.1, 0.15) is 6.04 Å². The lowest BCUT2D eigenvalue weighted by molar-refractivity contribution is 0.143. The van der Waals surface area contributed by atoms with Gasteiger partial charge in [-0.1, -0.05) is 13.3 Å². The minimum atomic E-state index is -0.957. The first-order valence-electron chi connectivity index (χ1n) is 4.40. The largest absolute Gasteiger partial charge is 0.450 e. The summed E-state index contributed by atoms with van der Waals surface area (Å²) in [4.78, 5) is 31.0. The molecule has 0 saturated carbocycles. The molecule has 0 bridgehead atoms. The molecule has 0 aromatic heterocycles. The molecule has 0 aromatic carbocycles. The number of alkyl carbamates (subject to hydrolysis) is 1. The minimum absolute atomic E-state index is 0.202. The Balaban J connectivity index is 3.67. The van der Waals surface area contributed by atoms with E-state index < -0.39 is 12.1 Å². The number of amides is 1. The van der Waals surface area contributed by atoms with Crippen molar-refractivity contribution in [1.29, 1.82) is 0 Å². The lowest BCUT2D eigenvalue weighted by Crippen LogP contribution is -2.36. The summed E-state index contributed by atoms with van der Waals surface area (Å²) in [7, 11) is 0. The smallest absolute Gasteiger partial charge is 0.407 e. The molecule has 0 aliphatic heterocycles. The van der Waals surface area contributed by atoms with Crippen LogP contribution in [0.3, 0.4) is 0 Å². The van der Waals surface area contributed by atoms with Crippen molar-refractivity contribution in [3.63, 3.8) is 0 Å². The Morgan fingerprint density at radius 3 is 2.71 bits per heavy atom. The van der Waals surface area contributed by atoms with E-state index in [4.69, 9.17) is 4.74 Å². The van der Waals surface area contributed by atoms with Crippen molar-refractivity contribution in [2.75, 3.05) is 6.61 Å². The highest BCUT2D eigenvalue weighted by Crippen LogP contribution is 1.90. The standard InChI is InChI=1S/C9H13NO4/c1-2-3-6-14-9(13)10-8(7-12)4-5-11/h8H,2-4,6H2,1H3,(H,10,13)/t8-/m0/s1. The van der Waals surface area contributed by atoms with E-state index in [-0.39, 0.29) is 6.42 Å². The van der Waals surface area contributed by atoms with Gasteiger partial charge in [0.25, 0.3) is 0 Å². The maximum Gasteiger partial charge on any atom is 0.407 e. The van der Waals surface area contributed by atoms with Gasteiger partial charge in [-0.2, -0.15) is 0 Å². The summed E-state index contributed by atoms with van der Waals surface area (Å²) in [5.74, 6) is 0. The second-order valence-electron chi connectivity index (χ2n) is 2.65. The normalized spacial score (nSPS) is 11.5. The van der Waals surface area contributed by atoms with Crippen LogP contribution in [-0.4, -0.2) is 31.3 Å². The van der Waals surface area contributed by atoms with Gasteiger partial charge < -0.3 is 10.1 Å². The topological polar surface area (TPSA) is 72.5 Å². The SMILES string of the molecule is CCCCOC(=O)N[C@H]([C]=O)C[C]=O. The molecule has 0 fully saturated rings. The minimum Gasteiger partial charge on any atom is -0.450 e. The number of hydrogen-bond acceptors (Lipinski definition) is 4. The summed E-state index contributed by atoms with van der Waals surface area (Å²) >= 11 is 0. The summed E-state index contributed by atoms with van der Waals surface area (Å²) in [5, 5.41) is 2.18. The molecular formula is C9H13NO4. The average molecular weight is 199 g/mol. The maximum atomic E-state index is 10.9. The molecule has 1 atom stereocenters. The Labute approximate surface area is 82.8 Å². The molecule has 0 aromatic rings. The Hall–Kier alpha value is -1.39. The van der Waals surface area contributed by atoms with Gasteiger partial charge in [-0.15, -0.1) is 0 Å². The highest BCUT2D eigenvalue weighted by Gasteiger charge is 2.12. The Bertz CT molecular complexity index is 193. The quantitative estimate of drug-likeness (QED) is 0.605. The van der Waals surface area contributed by atoms with Crippen molar-refractivity contribution in [3.05, 3.63) is 0 Å². The molecule has 0 rings (SSSR count). The van der Waals surface area contributed by atoms with Crippen LogP contribution in [0.25, 0.3) is 0 Å².